The summed E-state index contributed by atoms with van der Waals surface area (Å²) < 4.78 is 9.09. The van der Waals surface area contributed by atoms with E-state index in [1.54, 1.807) is 12.3 Å². The smallest absolute Gasteiger partial charge is 0.844 e. The van der Waals surface area contributed by atoms with Crippen LogP contribution in [0.1, 0.15) is 0 Å². The van der Waals surface area contributed by atoms with Crippen molar-refractivity contribution in [3.63, 3.8) is 0 Å². The van der Waals surface area contributed by atoms with E-state index in [1.807, 2.05) is 60.7 Å². The minimum Gasteiger partial charge on any atom is -0.844 e. The van der Waals surface area contributed by atoms with E-state index in [2.05, 4.69) is 71.6 Å². The largest absolute Gasteiger partial charge is 1.00 e. The van der Waals surface area contributed by atoms with Crippen LogP contribution in [-0.4, -0.2) is 24.1 Å². The van der Waals surface area contributed by atoms with Crippen molar-refractivity contribution in [1.82, 2.24) is 19.9 Å². The summed E-state index contributed by atoms with van der Waals surface area (Å²) >= 11 is 5.79. The molecule has 4 aromatic carbocycles. The van der Waals surface area contributed by atoms with E-state index in [0.29, 0.717) is 5.69 Å². The van der Waals surface area contributed by atoms with Gasteiger partial charge in [-0.25, -0.2) is 19.2 Å². The molecule has 2 aromatic heterocycles. The first-order chi connectivity index (χ1) is 18.4. The van der Waals surface area contributed by atoms with E-state index in [-0.39, 0.29) is 34.8 Å². The molecule has 0 N–H and O–H groups in total. The predicted octanol–water partition coefficient (Wildman–Crippen LogP) is 4.37. The van der Waals surface area contributed by atoms with Crippen LogP contribution in [0.25, 0.3) is 44.1 Å². The Labute approximate surface area is 263 Å². The first-order valence-corrected chi connectivity index (χ1v) is 14.3. The Hall–Kier alpha value is -2.62. The third-order valence-corrected chi connectivity index (χ3v) is 5.53. The maximum atomic E-state index is 11.1. The van der Waals surface area contributed by atoms with Gasteiger partial charge in [-0.2, -0.15) is 0 Å². The molecule has 39 heavy (non-hydrogen) atoms. The van der Waals surface area contributed by atoms with Gasteiger partial charge in [0.2, 0.25) is 14.5 Å². The molecule has 0 aliphatic carbocycles. The van der Waals surface area contributed by atoms with Crippen molar-refractivity contribution in [2.24, 2.45) is 0 Å². The van der Waals surface area contributed by atoms with Gasteiger partial charge in [0.1, 0.15) is 0 Å². The second kappa shape index (κ2) is 15.2. The van der Waals surface area contributed by atoms with Crippen molar-refractivity contribution >= 4 is 63.7 Å². The number of hydrogen-bond acceptors (Lipinski definition) is 6. The van der Waals surface area contributed by atoms with Gasteiger partial charge in [0.25, 0.3) is 0 Å². The molecule has 6 nitrogen and oxygen atoms in total. The molecule has 0 aliphatic heterocycles. The topological polar surface area (TPSA) is 91.7 Å². The molecule has 2 heterocycles. The second-order valence-corrected chi connectivity index (χ2v) is 10.6. The van der Waals surface area contributed by atoms with E-state index >= 15 is 0 Å². The minimum absolute atomic E-state index is 0. The fraction of sp³-hybridized carbons (Fsp3) is 0. The van der Waals surface area contributed by atoms with Crippen molar-refractivity contribution in [2.45, 2.75) is 0 Å². The predicted molar refractivity (Wildman–Crippen MR) is 154 cm³/mol. The maximum Gasteiger partial charge on any atom is 1.00 e. The van der Waals surface area contributed by atoms with E-state index in [0.717, 1.165) is 22.2 Å². The van der Waals surface area contributed by atoms with Gasteiger partial charge < -0.3 is 5.11 Å². The molecule has 0 saturated carbocycles. The Morgan fingerprint density at radius 1 is 0.615 bits per heavy atom. The van der Waals surface area contributed by atoms with Crippen molar-refractivity contribution in [3.05, 3.63) is 115 Å². The number of halogens is 3. The molecule has 11 heteroatoms. The molecule has 0 radical (unpaired) electrons. The molecule has 6 rings (SSSR count). The van der Waals surface area contributed by atoms with Crippen molar-refractivity contribution < 1.29 is 38.9 Å². The average molecular weight is 604 g/mol. The number of nitrogens with zero attached hydrogens (tertiary/aromatic N) is 4. The second-order valence-electron chi connectivity index (χ2n) is 7.74. The molecule has 0 atom stereocenters. The average Bonchev–Trinajstić information content (AvgIpc) is 2.92. The normalized spacial score (nSPS) is 10.2. The number of hydrogen-bond donors (Lipinski definition) is 0. The number of aromatic nitrogens is 4. The van der Waals surface area contributed by atoms with Gasteiger partial charge in [0.05, 0.1) is 17.4 Å². The SMILES string of the molecule is Clc1nccc(-c2ccc3ccccc3c2)n1.O=S(Cl)Cl.[Na+].[O-]c1nccc(-c2ccc3ccccc3c2)n1. The van der Waals surface area contributed by atoms with Crippen molar-refractivity contribution in [3.8, 4) is 28.5 Å². The molecular weight excluding hydrogens is 586 g/mol. The fourth-order valence-corrected chi connectivity index (χ4v) is 3.84. The molecular formula is C28H18Cl3N4NaO2S. The van der Waals surface area contributed by atoms with Crippen LogP contribution in [0.15, 0.2) is 109 Å². The van der Waals surface area contributed by atoms with E-state index in [1.165, 1.54) is 22.4 Å². The molecule has 0 bridgehead atoms. The summed E-state index contributed by atoms with van der Waals surface area (Å²) in [7, 11) is 7.36. The number of fused-ring (bicyclic) bond motifs is 2. The summed E-state index contributed by atoms with van der Waals surface area (Å²) in [5.74, 6) is 0. The van der Waals surface area contributed by atoms with Crippen LogP contribution in [0.4, 0.5) is 0 Å². The van der Waals surface area contributed by atoms with Crippen molar-refractivity contribution in [1.29, 1.82) is 0 Å². The number of rotatable bonds is 2. The van der Waals surface area contributed by atoms with Gasteiger partial charge >= 0.3 is 29.6 Å². The minimum atomic E-state index is -1.67. The Morgan fingerprint density at radius 2 is 1.05 bits per heavy atom. The standard InChI is InChI=1S/C14H9ClN2.C14H10N2O.Cl2OS.Na/c15-14-16-8-7-13(17-14)12-6-5-10-3-1-2-4-11(10)9-12;17-14-15-8-7-13(16-14)12-6-5-10-3-1-2-4-11(10)9-12;1-4(2)3;/h1-9H;1-9H,(H,15,16,17);;/q;;;+1/p-1. The summed E-state index contributed by atoms with van der Waals surface area (Å²) in [6, 6.07) is 31.7. The molecule has 0 aliphatic rings. The Kier molecular flexibility index (Phi) is 12.1. The van der Waals surface area contributed by atoms with Gasteiger partial charge in [-0.15, -0.1) is 0 Å². The van der Waals surface area contributed by atoms with Gasteiger partial charge in [-0.1, -0.05) is 72.8 Å². The van der Waals surface area contributed by atoms with Gasteiger partial charge in [0, 0.05) is 44.9 Å². The quantitative estimate of drug-likeness (QED) is 0.166. The zero-order valence-corrected chi connectivity index (χ0v) is 25.6. The summed E-state index contributed by atoms with van der Waals surface area (Å²) in [6.45, 7) is 0. The molecule has 0 fully saturated rings. The monoisotopic (exact) mass is 602 g/mol. The van der Waals surface area contributed by atoms with Crippen LogP contribution in [0.5, 0.6) is 6.01 Å². The van der Waals surface area contributed by atoms with Crippen LogP contribution in [-0.2, 0) is 9.23 Å². The summed E-state index contributed by atoms with van der Waals surface area (Å²) in [5, 5.41) is 16.1. The van der Waals surface area contributed by atoms with Gasteiger partial charge in [0.15, 0.2) is 0 Å². The maximum absolute atomic E-state index is 11.1. The summed E-state index contributed by atoms with van der Waals surface area (Å²) in [6.07, 6.45) is 3.15. The molecule has 190 valence electrons. The molecule has 0 spiro atoms. The Balaban J connectivity index is 0.000000186. The third kappa shape index (κ3) is 9.22. The van der Waals surface area contributed by atoms with Crippen LogP contribution in [0.3, 0.4) is 0 Å². The van der Waals surface area contributed by atoms with E-state index in [4.69, 9.17) is 15.8 Å². The van der Waals surface area contributed by atoms with Crippen LogP contribution in [0.2, 0.25) is 5.28 Å². The van der Waals surface area contributed by atoms with Gasteiger partial charge in [-0.05, 0) is 57.4 Å². The molecule has 6 aromatic rings. The van der Waals surface area contributed by atoms with Crippen LogP contribution >= 0.6 is 33.0 Å². The fourth-order valence-electron chi connectivity index (χ4n) is 3.69. The zero-order chi connectivity index (χ0) is 26.9. The first-order valence-electron chi connectivity index (χ1n) is 11.1. The van der Waals surface area contributed by atoms with Crippen LogP contribution < -0.4 is 34.7 Å². The Bertz CT molecular complexity index is 1600. The summed E-state index contributed by atoms with van der Waals surface area (Å²) in [5.41, 5.74) is 3.49. The first kappa shape index (κ1) is 30.9. The van der Waals surface area contributed by atoms with E-state index in [9.17, 15) is 5.11 Å². The van der Waals surface area contributed by atoms with E-state index < -0.39 is 15.2 Å². The summed E-state index contributed by atoms with van der Waals surface area (Å²) in [4.78, 5) is 15.5. The van der Waals surface area contributed by atoms with Crippen LogP contribution in [0, 0.1) is 0 Å². The molecule has 0 unspecified atom stereocenters. The molecule has 0 amide bonds. The zero-order valence-electron chi connectivity index (χ0n) is 20.5. The Morgan fingerprint density at radius 3 is 1.51 bits per heavy atom. The number of benzene rings is 4. The molecule has 0 saturated heterocycles. The third-order valence-electron chi connectivity index (χ3n) is 5.35. The van der Waals surface area contributed by atoms with Gasteiger partial charge in [-0.3, -0.25) is 4.98 Å². The van der Waals surface area contributed by atoms with Crippen molar-refractivity contribution in [2.75, 3.05) is 0 Å².